The third-order valence-corrected chi connectivity index (χ3v) is 6.53. The molecule has 0 amide bonds. The zero-order valence-corrected chi connectivity index (χ0v) is 17.8. The third-order valence-electron chi connectivity index (χ3n) is 6.44. The number of thiocarbonyl (C=S) groups is 1. The number of rotatable bonds is 7. The van der Waals surface area contributed by atoms with Gasteiger partial charge in [-0.1, -0.05) is 70.2 Å². The van der Waals surface area contributed by atoms with E-state index in [0.717, 1.165) is 22.7 Å². The van der Waals surface area contributed by atoms with Gasteiger partial charge in [-0.15, -0.1) is 0 Å². The molecular formula is C25H30FNS. The minimum atomic E-state index is -0.146. The highest BCUT2D eigenvalue weighted by atomic mass is 32.1. The first-order valence-corrected chi connectivity index (χ1v) is 11.0. The van der Waals surface area contributed by atoms with Gasteiger partial charge in [0.25, 0.3) is 0 Å². The van der Waals surface area contributed by atoms with Crippen molar-refractivity contribution in [2.24, 2.45) is 16.8 Å². The Labute approximate surface area is 174 Å². The molecule has 1 atom stereocenters. The predicted octanol–water partition coefficient (Wildman–Crippen LogP) is 8.33. The molecule has 0 bridgehead atoms. The normalized spacial score (nSPS) is 20.4. The number of halogens is 1. The van der Waals surface area contributed by atoms with Gasteiger partial charge in [-0.3, -0.25) is 0 Å². The van der Waals surface area contributed by atoms with Crippen molar-refractivity contribution in [2.75, 3.05) is 0 Å². The van der Waals surface area contributed by atoms with E-state index in [9.17, 15) is 4.39 Å². The molecule has 0 radical (unpaired) electrons. The Bertz CT molecular complexity index is 815. The van der Waals surface area contributed by atoms with E-state index in [4.69, 9.17) is 0 Å². The molecule has 0 heterocycles. The number of benzene rings is 2. The lowest BCUT2D eigenvalue weighted by molar-refractivity contribution is 0.236. The quantitative estimate of drug-likeness (QED) is 0.339. The average Bonchev–Trinajstić information content (AvgIpc) is 2.73. The lowest BCUT2D eigenvalue weighted by atomic mass is 9.73. The van der Waals surface area contributed by atoms with Gasteiger partial charge in [0.1, 0.15) is 5.82 Å². The molecule has 1 aliphatic rings. The fraction of sp³-hybridized carbons (Fsp3) is 0.480. The van der Waals surface area contributed by atoms with Crippen molar-refractivity contribution in [3.05, 3.63) is 53.8 Å². The second kappa shape index (κ2) is 10.1. The lowest BCUT2D eigenvalue weighted by Gasteiger charge is -2.32. The fourth-order valence-electron chi connectivity index (χ4n) is 4.56. The highest BCUT2D eigenvalue weighted by Gasteiger charge is 2.26. The third kappa shape index (κ3) is 5.16. The summed E-state index contributed by atoms with van der Waals surface area (Å²) < 4.78 is 14.9. The standard InChI is InChI=1S/C25H30FNS/c1-3-4-5-19-6-8-20(9-7-19)18(2)22-12-15-24(25(26)16-22)21-10-13-23(14-11-21)27-17-28/h10-16,18-20H,3-9H2,1-2H3. The van der Waals surface area contributed by atoms with Gasteiger partial charge in [-0.05, 0) is 72.1 Å². The van der Waals surface area contributed by atoms with Crippen LogP contribution in [-0.2, 0) is 0 Å². The van der Waals surface area contributed by atoms with E-state index >= 15 is 0 Å². The van der Waals surface area contributed by atoms with Crippen LogP contribution in [0.1, 0.15) is 70.3 Å². The maximum absolute atomic E-state index is 14.9. The Balaban J connectivity index is 1.67. The van der Waals surface area contributed by atoms with E-state index in [-0.39, 0.29) is 5.82 Å². The van der Waals surface area contributed by atoms with Crippen molar-refractivity contribution in [2.45, 2.75) is 64.7 Å². The molecule has 1 saturated carbocycles. The molecule has 2 aromatic rings. The second-order valence-corrected chi connectivity index (χ2v) is 8.38. The summed E-state index contributed by atoms with van der Waals surface area (Å²) in [6.45, 7) is 4.54. The van der Waals surface area contributed by atoms with Crippen LogP contribution in [0.25, 0.3) is 11.1 Å². The van der Waals surface area contributed by atoms with Crippen LogP contribution >= 0.6 is 12.2 Å². The molecule has 0 aromatic heterocycles. The van der Waals surface area contributed by atoms with E-state index in [1.165, 1.54) is 44.9 Å². The van der Waals surface area contributed by atoms with Gasteiger partial charge < -0.3 is 0 Å². The maximum atomic E-state index is 14.9. The first kappa shape index (κ1) is 20.9. The Morgan fingerprint density at radius 1 is 1.11 bits per heavy atom. The molecule has 1 fully saturated rings. The summed E-state index contributed by atoms with van der Waals surface area (Å²) in [5, 5.41) is 2.35. The average molecular weight is 396 g/mol. The molecule has 3 heteroatoms. The van der Waals surface area contributed by atoms with Gasteiger partial charge in [0, 0.05) is 5.56 Å². The summed E-state index contributed by atoms with van der Waals surface area (Å²) in [4.78, 5) is 3.95. The summed E-state index contributed by atoms with van der Waals surface area (Å²) in [5.74, 6) is 1.85. The predicted molar refractivity (Wildman–Crippen MR) is 120 cm³/mol. The molecule has 148 valence electrons. The minimum Gasteiger partial charge on any atom is -0.206 e. The van der Waals surface area contributed by atoms with Crippen molar-refractivity contribution >= 4 is 23.1 Å². The smallest absolute Gasteiger partial charge is 0.131 e. The van der Waals surface area contributed by atoms with Gasteiger partial charge in [0.15, 0.2) is 0 Å². The van der Waals surface area contributed by atoms with Crippen LogP contribution < -0.4 is 0 Å². The summed E-state index contributed by atoms with van der Waals surface area (Å²) in [5.41, 5.74) is 3.35. The van der Waals surface area contributed by atoms with Crippen LogP contribution in [0, 0.1) is 17.7 Å². The largest absolute Gasteiger partial charge is 0.206 e. The number of hydrogen-bond acceptors (Lipinski definition) is 2. The maximum Gasteiger partial charge on any atom is 0.131 e. The monoisotopic (exact) mass is 395 g/mol. The summed E-state index contributed by atoms with van der Waals surface area (Å²) in [6, 6.07) is 13.2. The first-order chi connectivity index (χ1) is 13.6. The van der Waals surface area contributed by atoms with Crippen LogP contribution in [0.5, 0.6) is 0 Å². The van der Waals surface area contributed by atoms with Crippen molar-refractivity contribution in [1.82, 2.24) is 0 Å². The van der Waals surface area contributed by atoms with Gasteiger partial charge in [0.2, 0.25) is 0 Å². The zero-order chi connectivity index (χ0) is 19.9. The van der Waals surface area contributed by atoms with Crippen molar-refractivity contribution in [3.63, 3.8) is 0 Å². The molecule has 0 spiro atoms. The molecule has 28 heavy (non-hydrogen) atoms. The van der Waals surface area contributed by atoms with Crippen LogP contribution in [0.2, 0.25) is 0 Å². The Morgan fingerprint density at radius 2 is 1.82 bits per heavy atom. The Hall–Kier alpha value is -1.83. The summed E-state index contributed by atoms with van der Waals surface area (Å²) in [6.07, 6.45) is 9.27. The Kier molecular flexibility index (Phi) is 7.53. The second-order valence-electron chi connectivity index (χ2n) is 8.20. The fourth-order valence-corrected chi connectivity index (χ4v) is 4.66. The van der Waals surface area contributed by atoms with Gasteiger partial charge in [-0.2, -0.15) is 4.99 Å². The molecule has 1 aliphatic carbocycles. The number of hydrogen-bond donors (Lipinski definition) is 0. The van der Waals surface area contributed by atoms with Crippen molar-refractivity contribution in [1.29, 1.82) is 0 Å². The molecule has 0 aliphatic heterocycles. The molecule has 3 rings (SSSR count). The molecule has 0 N–H and O–H groups in total. The number of unbranched alkanes of at least 4 members (excludes halogenated alkanes) is 1. The van der Waals surface area contributed by atoms with Crippen LogP contribution in [0.3, 0.4) is 0 Å². The van der Waals surface area contributed by atoms with E-state index in [1.807, 2.05) is 30.3 Å². The lowest BCUT2D eigenvalue weighted by Crippen LogP contribution is -2.19. The molecular weight excluding hydrogens is 365 g/mol. The highest BCUT2D eigenvalue weighted by Crippen LogP contribution is 2.40. The van der Waals surface area contributed by atoms with Crippen molar-refractivity contribution in [3.8, 4) is 11.1 Å². The van der Waals surface area contributed by atoms with E-state index in [2.05, 4.69) is 42.3 Å². The molecule has 1 nitrogen and oxygen atoms in total. The SMILES string of the molecule is CCCCC1CCC(C(C)c2ccc(-c3ccc(N=C=S)cc3)c(F)c2)CC1. The number of aliphatic imine (C=N–C) groups is 1. The van der Waals surface area contributed by atoms with Gasteiger partial charge in [0.05, 0.1) is 10.8 Å². The first-order valence-electron chi connectivity index (χ1n) is 10.6. The molecule has 1 unspecified atom stereocenters. The van der Waals surface area contributed by atoms with E-state index in [1.54, 1.807) is 6.07 Å². The van der Waals surface area contributed by atoms with Crippen molar-refractivity contribution < 1.29 is 4.39 Å². The van der Waals surface area contributed by atoms with Crippen LogP contribution in [0.15, 0.2) is 47.5 Å². The number of isothiocyanates is 1. The minimum absolute atomic E-state index is 0.146. The van der Waals surface area contributed by atoms with E-state index in [0.29, 0.717) is 17.4 Å². The van der Waals surface area contributed by atoms with Crippen LogP contribution in [0.4, 0.5) is 10.1 Å². The highest BCUT2D eigenvalue weighted by molar-refractivity contribution is 7.78. The summed E-state index contributed by atoms with van der Waals surface area (Å²) in [7, 11) is 0. The summed E-state index contributed by atoms with van der Waals surface area (Å²) >= 11 is 4.62. The van der Waals surface area contributed by atoms with Crippen LogP contribution in [-0.4, -0.2) is 5.16 Å². The zero-order valence-electron chi connectivity index (χ0n) is 17.0. The Morgan fingerprint density at radius 3 is 2.43 bits per heavy atom. The number of nitrogens with zero attached hydrogens (tertiary/aromatic N) is 1. The van der Waals surface area contributed by atoms with Gasteiger partial charge >= 0.3 is 0 Å². The molecule has 2 aromatic carbocycles. The van der Waals surface area contributed by atoms with E-state index < -0.39 is 0 Å². The van der Waals surface area contributed by atoms with Gasteiger partial charge in [-0.25, -0.2) is 4.39 Å². The topological polar surface area (TPSA) is 12.4 Å². The molecule has 0 saturated heterocycles.